The molecule has 2 saturated carbocycles. The van der Waals surface area contributed by atoms with Crippen LogP contribution in [0.25, 0.3) is 0 Å². The van der Waals surface area contributed by atoms with E-state index in [-0.39, 0.29) is 0 Å². The molecule has 2 unspecified atom stereocenters. The van der Waals surface area contributed by atoms with Crippen LogP contribution in [-0.4, -0.2) is 12.6 Å². The van der Waals surface area contributed by atoms with Gasteiger partial charge in [0, 0.05) is 6.04 Å². The van der Waals surface area contributed by atoms with Crippen molar-refractivity contribution in [1.82, 2.24) is 5.32 Å². The summed E-state index contributed by atoms with van der Waals surface area (Å²) in [5.74, 6) is 2.98. The minimum atomic E-state index is 0.835. The number of nitrogens with one attached hydrogen (secondary N) is 1. The Morgan fingerprint density at radius 1 is 0.882 bits per heavy atom. The average Bonchev–Trinajstić information content (AvgIpc) is 2.32. The smallest absolute Gasteiger partial charge is 0.00696 e. The molecular formula is C16H31N. The number of rotatable bonds is 4. The Balaban J connectivity index is 1.56. The Hall–Kier alpha value is -0.0400. The van der Waals surface area contributed by atoms with Crippen LogP contribution >= 0.6 is 0 Å². The quantitative estimate of drug-likeness (QED) is 0.765. The van der Waals surface area contributed by atoms with E-state index in [1.165, 1.54) is 64.3 Å². The minimum Gasteiger partial charge on any atom is -0.314 e. The third-order valence-electron chi connectivity index (χ3n) is 5.06. The van der Waals surface area contributed by atoms with E-state index in [0.717, 1.165) is 23.8 Å². The van der Waals surface area contributed by atoms with Crippen molar-refractivity contribution >= 4 is 0 Å². The molecule has 2 rings (SSSR count). The van der Waals surface area contributed by atoms with Gasteiger partial charge in [-0.2, -0.15) is 0 Å². The van der Waals surface area contributed by atoms with E-state index >= 15 is 0 Å². The highest BCUT2D eigenvalue weighted by atomic mass is 14.9. The molecule has 0 saturated heterocycles. The van der Waals surface area contributed by atoms with E-state index in [1.54, 1.807) is 0 Å². The lowest BCUT2D eigenvalue weighted by atomic mass is 9.81. The molecular weight excluding hydrogens is 206 g/mol. The molecule has 0 radical (unpaired) electrons. The van der Waals surface area contributed by atoms with E-state index in [1.807, 2.05) is 0 Å². The summed E-state index contributed by atoms with van der Waals surface area (Å²) in [6.45, 7) is 6.10. The fraction of sp³-hybridized carbons (Fsp3) is 1.00. The summed E-state index contributed by atoms with van der Waals surface area (Å²) in [5.41, 5.74) is 0. The zero-order chi connectivity index (χ0) is 12.1. The van der Waals surface area contributed by atoms with Crippen molar-refractivity contribution < 1.29 is 0 Å². The van der Waals surface area contributed by atoms with Crippen LogP contribution < -0.4 is 5.32 Å². The molecule has 1 N–H and O–H groups in total. The van der Waals surface area contributed by atoms with Gasteiger partial charge in [0.15, 0.2) is 0 Å². The van der Waals surface area contributed by atoms with Crippen LogP contribution in [0.4, 0.5) is 0 Å². The van der Waals surface area contributed by atoms with Crippen LogP contribution in [0.15, 0.2) is 0 Å². The van der Waals surface area contributed by atoms with Crippen molar-refractivity contribution in [2.45, 2.75) is 77.7 Å². The second-order valence-electron chi connectivity index (χ2n) is 6.84. The molecule has 0 bridgehead atoms. The van der Waals surface area contributed by atoms with Gasteiger partial charge in [-0.15, -0.1) is 0 Å². The van der Waals surface area contributed by atoms with Crippen molar-refractivity contribution in [3.8, 4) is 0 Å². The maximum absolute atomic E-state index is 3.81. The van der Waals surface area contributed by atoms with Crippen molar-refractivity contribution in [3.63, 3.8) is 0 Å². The van der Waals surface area contributed by atoms with Gasteiger partial charge >= 0.3 is 0 Å². The van der Waals surface area contributed by atoms with Crippen LogP contribution in [0.3, 0.4) is 0 Å². The topological polar surface area (TPSA) is 12.0 Å². The molecule has 0 aliphatic heterocycles. The first-order valence-electron chi connectivity index (χ1n) is 7.97. The van der Waals surface area contributed by atoms with Gasteiger partial charge in [0.05, 0.1) is 0 Å². The molecule has 100 valence electrons. The first-order valence-corrected chi connectivity index (χ1v) is 7.97. The van der Waals surface area contributed by atoms with Gasteiger partial charge in [-0.25, -0.2) is 0 Å². The Bertz CT molecular complexity index is 206. The zero-order valence-electron chi connectivity index (χ0n) is 11.9. The zero-order valence-corrected chi connectivity index (χ0v) is 11.9. The van der Waals surface area contributed by atoms with Gasteiger partial charge in [0.2, 0.25) is 0 Å². The molecule has 2 atom stereocenters. The Labute approximate surface area is 108 Å². The summed E-state index contributed by atoms with van der Waals surface area (Å²) < 4.78 is 0. The largest absolute Gasteiger partial charge is 0.314 e. The highest BCUT2D eigenvalue weighted by Gasteiger charge is 2.20. The summed E-state index contributed by atoms with van der Waals surface area (Å²) in [6.07, 6.45) is 13.1. The molecule has 2 fully saturated rings. The van der Waals surface area contributed by atoms with Gasteiger partial charge in [-0.05, 0) is 43.6 Å². The van der Waals surface area contributed by atoms with Crippen LogP contribution in [0.2, 0.25) is 0 Å². The molecule has 0 aromatic carbocycles. The van der Waals surface area contributed by atoms with Crippen LogP contribution in [0, 0.1) is 17.8 Å². The molecule has 17 heavy (non-hydrogen) atoms. The highest BCUT2D eigenvalue weighted by Crippen LogP contribution is 2.30. The number of hydrogen-bond acceptors (Lipinski definition) is 1. The SMILES string of the molecule is CC1CCC(CCNC2CCCC(C)C2)CC1. The first kappa shape index (κ1) is 13.4. The van der Waals surface area contributed by atoms with Crippen molar-refractivity contribution in [2.75, 3.05) is 6.54 Å². The molecule has 0 heterocycles. The van der Waals surface area contributed by atoms with Gasteiger partial charge in [0.1, 0.15) is 0 Å². The lowest BCUT2D eigenvalue weighted by molar-refractivity contribution is 0.258. The summed E-state index contributed by atoms with van der Waals surface area (Å²) in [7, 11) is 0. The highest BCUT2D eigenvalue weighted by molar-refractivity contribution is 4.77. The van der Waals surface area contributed by atoms with Crippen molar-refractivity contribution in [1.29, 1.82) is 0 Å². The summed E-state index contributed by atoms with van der Waals surface area (Å²) in [6, 6.07) is 0.835. The summed E-state index contributed by atoms with van der Waals surface area (Å²) >= 11 is 0. The van der Waals surface area contributed by atoms with Gasteiger partial charge in [-0.1, -0.05) is 52.4 Å². The standard InChI is InChI=1S/C16H31N/c1-13-6-8-15(9-7-13)10-11-17-16-5-3-4-14(2)12-16/h13-17H,3-12H2,1-2H3. The Kier molecular flexibility index (Phi) is 5.34. The fourth-order valence-corrected chi connectivity index (χ4v) is 3.73. The molecule has 2 aliphatic carbocycles. The normalized spacial score (nSPS) is 39.2. The number of hydrogen-bond donors (Lipinski definition) is 1. The molecule has 0 aromatic heterocycles. The van der Waals surface area contributed by atoms with Crippen molar-refractivity contribution in [2.24, 2.45) is 17.8 Å². The predicted molar refractivity (Wildman–Crippen MR) is 75.2 cm³/mol. The maximum atomic E-state index is 3.81. The van der Waals surface area contributed by atoms with E-state index in [9.17, 15) is 0 Å². The maximum Gasteiger partial charge on any atom is 0.00696 e. The molecule has 0 aromatic rings. The Morgan fingerprint density at radius 2 is 1.65 bits per heavy atom. The van der Waals surface area contributed by atoms with Gasteiger partial charge in [-0.3, -0.25) is 0 Å². The van der Waals surface area contributed by atoms with Gasteiger partial charge < -0.3 is 5.32 Å². The summed E-state index contributed by atoms with van der Waals surface area (Å²) in [4.78, 5) is 0. The van der Waals surface area contributed by atoms with Crippen molar-refractivity contribution in [3.05, 3.63) is 0 Å². The molecule has 1 nitrogen and oxygen atoms in total. The molecule has 0 amide bonds. The summed E-state index contributed by atoms with van der Waals surface area (Å²) in [5, 5.41) is 3.81. The second kappa shape index (κ2) is 6.78. The molecule has 2 aliphatic rings. The monoisotopic (exact) mass is 237 g/mol. The molecule has 1 heteroatoms. The lowest BCUT2D eigenvalue weighted by Crippen LogP contribution is -2.35. The average molecular weight is 237 g/mol. The lowest BCUT2D eigenvalue weighted by Gasteiger charge is -2.30. The predicted octanol–water partition coefficient (Wildman–Crippen LogP) is 4.37. The van der Waals surface area contributed by atoms with Crippen LogP contribution in [-0.2, 0) is 0 Å². The van der Waals surface area contributed by atoms with Crippen LogP contribution in [0.5, 0.6) is 0 Å². The van der Waals surface area contributed by atoms with E-state index in [0.29, 0.717) is 0 Å². The third-order valence-corrected chi connectivity index (χ3v) is 5.06. The van der Waals surface area contributed by atoms with Crippen LogP contribution in [0.1, 0.15) is 71.6 Å². The minimum absolute atomic E-state index is 0.835. The first-order chi connectivity index (χ1) is 8.24. The third kappa shape index (κ3) is 4.62. The Morgan fingerprint density at radius 3 is 2.35 bits per heavy atom. The fourth-order valence-electron chi connectivity index (χ4n) is 3.73. The second-order valence-corrected chi connectivity index (χ2v) is 6.84. The molecule has 0 spiro atoms. The van der Waals surface area contributed by atoms with Gasteiger partial charge in [0.25, 0.3) is 0 Å². The van der Waals surface area contributed by atoms with E-state index < -0.39 is 0 Å². The van der Waals surface area contributed by atoms with E-state index in [2.05, 4.69) is 19.2 Å². The van der Waals surface area contributed by atoms with E-state index in [4.69, 9.17) is 0 Å².